The van der Waals surface area contributed by atoms with E-state index < -0.39 is 0 Å². The minimum atomic E-state index is 0.0648. The molecule has 0 amide bonds. The van der Waals surface area contributed by atoms with E-state index in [-0.39, 0.29) is 6.29 Å². The summed E-state index contributed by atoms with van der Waals surface area (Å²) in [6.45, 7) is 1.51. The molecule has 2 fully saturated rings. The van der Waals surface area contributed by atoms with E-state index in [1.165, 1.54) is 0 Å². The monoisotopic (exact) mass is 112 g/mol. The minimum Gasteiger partial charge on any atom is -0.352 e. The minimum absolute atomic E-state index is 0.0648. The molecule has 0 spiro atoms. The molecule has 2 rings (SSSR count). The number of hydrogen-bond acceptors (Lipinski definition) is 2. The first-order valence-corrected chi connectivity index (χ1v) is 2.93. The van der Waals surface area contributed by atoms with Gasteiger partial charge >= 0.3 is 0 Å². The van der Waals surface area contributed by atoms with Crippen LogP contribution in [-0.4, -0.2) is 19.5 Å². The fourth-order valence-corrected chi connectivity index (χ4v) is 1.16. The van der Waals surface area contributed by atoms with Crippen molar-refractivity contribution in [3.05, 3.63) is 6.42 Å². The van der Waals surface area contributed by atoms with Crippen molar-refractivity contribution >= 4 is 0 Å². The van der Waals surface area contributed by atoms with Crippen LogP contribution in [0.5, 0.6) is 0 Å². The van der Waals surface area contributed by atoms with Crippen LogP contribution in [-0.2, 0) is 9.47 Å². The molecular weight excluding hydrogens is 104 g/mol. The smallest absolute Gasteiger partial charge is 0.161 e. The summed E-state index contributed by atoms with van der Waals surface area (Å²) in [4.78, 5) is 0. The van der Waals surface area contributed by atoms with E-state index in [2.05, 4.69) is 6.42 Å². The normalized spacial score (nSPS) is 45.0. The van der Waals surface area contributed by atoms with Crippen molar-refractivity contribution in [1.82, 2.24) is 0 Å². The first-order chi connectivity index (χ1) is 3.97. The zero-order chi connectivity index (χ0) is 5.40. The quantitative estimate of drug-likeness (QED) is 0.453. The second-order valence-corrected chi connectivity index (χ2v) is 2.15. The lowest BCUT2D eigenvalue weighted by Gasteiger charge is -2.03. The second kappa shape index (κ2) is 1.71. The van der Waals surface area contributed by atoms with Gasteiger partial charge in [-0.05, 0) is 6.42 Å². The molecule has 44 valence electrons. The van der Waals surface area contributed by atoms with E-state index in [4.69, 9.17) is 9.47 Å². The van der Waals surface area contributed by atoms with Crippen molar-refractivity contribution in [3.8, 4) is 0 Å². The lowest BCUT2D eigenvalue weighted by Crippen LogP contribution is -2.09. The number of hydrogen-bond donors (Lipinski definition) is 0. The highest BCUT2D eigenvalue weighted by molar-refractivity contribution is 4.87. The lowest BCUT2D eigenvalue weighted by molar-refractivity contribution is -0.0904. The molecule has 2 aliphatic rings. The molecule has 1 unspecified atom stereocenters. The van der Waals surface area contributed by atoms with E-state index in [0.717, 1.165) is 13.0 Å². The van der Waals surface area contributed by atoms with Gasteiger partial charge in [0.05, 0.1) is 13.2 Å². The molecule has 0 N–H and O–H groups in total. The van der Waals surface area contributed by atoms with Crippen molar-refractivity contribution in [2.24, 2.45) is 5.92 Å². The number of fused-ring (bicyclic) bond motifs is 1. The maximum absolute atomic E-state index is 5.19. The van der Waals surface area contributed by atoms with Crippen molar-refractivity contribution < 1.29 is 9.47 Å². The average molecular weight is 112 g/mol. The highest BCUT2D eigenvalue weighted by atomic mass is 16.7. The summed E-state index contributed by atoms with van der Waals surface area (Å²) in [6, 6.07) is 0. The summed E-state index contributed by atoms with van der Waals surface area (Å²) >= 11 is 0. The van der Waals surface area contributed by atoms with Gasteiger partial charge in [0.15, 0.2) is 6.29 Å². The van der Waals surface area contributed by atoms with Crippen LogP contribution < -0.4 is 0 Å². The van der Waals surface area contributed by atoms with Gasteiger partial charge in [0.1, 0.15) is 0 Å². The number of rotatable bonds is 0. The Morgan fingerprint density at radius 2 is 2.38 bits per heavy atom. The summed E-state index contributed by atoms with van der Waals surface area (Å²) in [6.07, 6.45) is 4.34. The van der Waals surface area contributed by atoms with Gasteiger partial charge in [-0.1, -0.05) is 0 Å². The van der Waals surface area contributed by atoms with Crippen LogP contribution >= 0.6 is 0 Å². The van der Waals surface area contributed by atoms with Crippen molar-refractivity contribution in [1.29, 1.82) is 0 Å². The summed E-state index contributed by atoms with van der Waals surface area (Å²) in [7, 11) is 0. The average Bonchev–Trinajstić information content (AvgIpc) is 2.15. The number of ether oxygens (including phenoxy) is 2. The first-order valence-electron chi connectivity index (χ1n) is 2.93. The SMILES string of the molecule is [C]1COC2OCC[C@H]12. The van der Waals surface area contributed by atoms with E-state index in [0.29, 0.717) is 12.5 Å². The van der Waals surface area contributed by atoms with Crippen LogP contribution in [0.15, 0.2) is 0 Å². The first kappa shape index (κ1) is 4.77. The Kier molecular flexibility index (Phi) is 1.02. The topological polar surface area (TPSA) is 18.5 Å². The van der Waals surface area contributed by atoms with Crippen LogP contribution in [0.2, 0.25) is 0 Å². The molecule has 0 saturated carbocycles. The Labute approximate surface area is 48.8 Å². The van der Waals surface area contributed by atoms with Crippen molar-refractivity contribution in [2.75, 3.05) is 13.2 Å². The molecule has 2 nitrogen and oxygen atoms in total. The van der Waals surface area contributed by atoms with Crippen LogP contribution in [0.4, 0.5) is 0 Å². The third-order valence-corrected chi connectivity index (χ3v) is 1.63. The molecule has 2 heterocycles. The predicted molar refractivity (Wildman–Crippen MR) is 27.0 cm³/mol. The molecule has 0 aliphatic carbocycles. The molecule has 0 bridgehead atoms. The van der Waals surface area contributed by atoms with Gasteiger partial charge in [-0.3, -0.25) is 0 Å². The molecule has 0 aromatic rings. The Hall–Kier alpha value is -0.0800. The molecule has 2 radical (unpaired) electrons. The Bertz CT molecular complexity index is 72.5. The molecule has 0 aromatic carbocycles. The molecule has 0 aromatic heterocycles. The second-order valence-electron chi connectivity index (χ2n) is 2.15. The van der Waals surface area contributed by atoms with Crippen molar-refractivity contribution in [3.63, 3.8) is 0 Å². The summed E-state index contributed by atoms with van der Waals surface area (Å²) in [5, 5.41) is 0. The van der Waals surface area contributed by atoms with Gasteiger partial charge in [0.25, 0.3) is 0 Å². The molecule has 2 aliphatic heterocycles. The van der Waals surface area contributed by atoms with Gasteiger partial charge in [-0.25, -0.2) is 0 Å². The molecular formula is C6H8O2. The van der Waals surface area contributed by atoms with E-state index >= 15 is 0 Å². The van der Waals surface area contributed by atoms with E-state index in [1.807, 2.05) is 0 Å². The van der Waals surface area contributed by atoms with Crippen LogP contribution in [0, 0.1) is 12.3 Å². The fourth-order valence-electron chi connectivity index (χ4n) is 1.16. The highest BCUT2D eigenvalue weighted by Crippen LogP contribution is 2.29. The molecule has 2 heteroatoms. The highest BCUT2D eigenvalue weighted by Gasteiger charge is 2.33. The van der Waals surface area contributed by atoms with Crippen LogP contribution in [0.3, 0.4) is 0 Å². The van der Waals surface area contributed by atoms with Gasteiger partial charge in [-0.2, -0.15) is 0 Å². The Balaban J connectivity index is 2.04. The summed E-state index contributed by atoms with van der Waals surface area (Å²) in [5.41, 5.74) is 0. The van der Waals surface area contributed by atoms with E-state index in [1.54, 1.807) is 0 Å². The molecule has 2 atom stereocenters. The maximum atomic E-state index is 5.19. The molecule has 2 saturated heterocycles. The van der Waals surface area contributed by atoms with Gasteiger partial charge in [0, 0.05) is 12.3 Å². The van der Waals surface area contributed by atoms with Gasteiger partial charge in [-0.15, -0.1) is 0 Å². The van der Waals surface area contributed by atoms with Crippen molar-refractivity contribution in [2.45, 2.75) is 12.7 Å². The van der Waals surface area contributed by atoms with Crippen LogP contribution in [0.1, 0.15) is 6.42 Å². The fraction of sp³-hybridized carbons (Fsp3) is 0.833. The van der Waals surface area contributed by atoms with Gasteiger partial charge in [0.2, 0.25) is 0 Å². The summed E-state index contributed by atoms with van der Waals surface area (Å²) in [5.74, 6) is 0.481. The predicted octanol–water partition coefficient (Wildman–Crippen LogP) is 0.460. The van der Waals surface area contributed by atoms with Gasteiger partial charge < -0.3 is 9.47 Å². The zero-order valence-corrected chi connectivity index (χ0v) is 4.59. The largest absolute Gasteiger partial charge is 0.352 e. The standard InChI is InChI=1S/C6H8O2/c1-3-7-6-5(1)2-4-8-6/h5-6H,1,3-4H2/t5-,6?/m1/s1. The van der Waals surface area contributed by atoms with Crippen LogP contribution in [0.25, 0.3) is 0 Å². The Morgan fingerprint density at radius 1 is 1.38 bits per heavy atom. The third-order valence-electron chi connectivity index (χ3n) is 1.63. The molecule has 8 heavy (non-hydrogen) atoms. The van der Waals surface area contributed by atoms with E-state index in [9.17, 15) is 0 Å². The Morgan fingerprint density at radius 3 is 3.25 bits per heavy atom. The maximum Gasteiger partial charge on any atom is 0.161 e. The summed E-state index contributed by atoms with van der Waals surface area (Å²) < 4.78 is 10.3. The lowest BCUT2D eigenvalue weighted by atomic mass is 10.1. The zero-order valence-electron chi connectivity index (χ0n) is 4.59. The third kappa shape index (κ3) is 0.565.